The van der Waals surface area contributed by atoms with Gasteiger partial charge in [0.1, 0.15) is 11.1 Å². The number of carbonyl (C=O) groups excluding carboxylic acids is 1. The minimum absolute atomic E-state index is 0.0782. The number of aryl methyl sites for hydroxylation is 1. The van der Waals surface area contributed by atoms with Crippen molar-refractivity contribution < 1.29 is 9.53 Å². The standard InChI is InChI=1S/C25H30N6O3/c1-16-12-20(30-11-7-10-19(15-30)28-24(33)34-25(2,3)4)21-22(27-16)29-23(32)31(21)14-18-9-6-5-8-17(18)13-26/h5-6,8-9,12,19H,7,10-11,14-15H2,1-4H3,(H,28,33)(H,27,29,32). The number of nitrogens with zero attached hydrogens (tertiary/aromatic N) is 4. The highest BCUT2D eigenvalue weighted by Crippen LogP contribution is 2.29. The fourth-order valence-corrected chi connectivity index (χ4v) is 4.39. The molecule has 2 aromatic heterocycles. The van der Waals surface area contributed by atoms with E-state index in [0.29, 0.717) is 23.3 Å². The van der Waals surface area contributed by atoms with Crippen LogP contribution in [0.5, 0.6) is 0 Å². The Balaban J connectivity index is 1.68. The molecule has 1 amide bonds. The number of alkyl carbamates (subject to hydrolysis) is 1. The second kappa shape index (κ2) is 9.21. The number of hydrogen-bond acceptors (Lipinski definition) is 6. The minimum atomic E-state index is -0.562. The van der Waals surface area contributed by atoms with Crippen LogP contribution in [0.4, 0.5) is 10.5 Å². The molecule has 2 N–H and O–H groups in total. The zero-order valence-electron chi connectivity index (χ0n) is 20.0. The van der Waals surface area contributed by atoms with Crippen molar-refractivity contribution in [2.24, 2.45) is 0 Å². The molecule has 1 aliphatic heterocycles. The molecule has 178 valence electrons. The first-order valence-corrected chi connectivity index (χ1v) is 11.5. The van der Waals surface area contributed by atoms with Crippen LogP contribution in [0.25, 0.3) is 11.2 Å². The second-order valence-corrected chi connectivity index (χ2v) is 9.70. The predicted octanol–water partition coefficient (Wildman–Crippen LogP) is 3.45. The van der Waals surface area contributed by atoms with Gasteiger partial charge in [-0.15, -0.1) is 0 Å². The van der Waals surface area contributed by atoms with Gasteiger partial charge in [0, 0.05) is 24.8 Å². The van der Waals surface area contributed by atoms with E-state index in [0.717, 1.165) is 36.3 Å². The van der Waals surface area contributed by atoms with E-state index in [1.807, 2.05) is 52.0 Å². The summed E-state index contributed by atoms with van der Waals surface area (Å²) in [7, 11) is 0. The topological polar surface area (TPSA) is 116 Å². The maximum Gasteiger partial charge on any atom is 0.407 e. The van der Waals surface area contributed by atoms with Crippen LogP contribution in [-0.2, 0) is 11.3 Å². The average Bonchev–Trinajstić information content (AvgIpc) is 3.07. The van der Waals surface area contributed by atoms with Gasteiger partial charge in [0.05, 0.1) is 23.9 Å². The van der Waals surface area contributed by atoms with Crippen LogP contribution in [0, 0.1) is 18.3 Å². The molecular weight excluding hydrogens is 432 g/mol. The lowest BCUT2D eigenvalue weighted by Crippen LogP contribution is -2.49. The zero-order chi connectivity index (χ0) is 24.5. The molecule has 1 fully saturated rings. The van der Waals surface area contributed by atoms with Gasteiger partial charge in [-0.1, -0.05) is 18.2 Å². The molecule has 34 heavy (non-hydrogen) atoms. The molecule has 1 aliphatic rings. The fourth-order valence-electron chi connectivity index (χ4n) is 4.39. The van der Waals surface area contributed by atoms with Gasteiger partial charge < -0.3 is 15.0 Å². The van der Waals surface area contributed by atoms with E-state index in [1.54, 1.807) is 10.6 Å². The quantitative estimate of drug-likeness (QED) is 0.614. The van der Waals surface area contributed by atoms with Crippen molar-refractivity contribution in [2.45, 2.75) is 58.7 Å². The molecule has 3 aromatic rings. The van der Waals surface area contributed by atoms with Crippen molar-refractivity contribution in [3.63, 3.8) is 0 Å². The number of amides is 1. The van der Waals surface area contributed by atoms with Crippen LogP contribution in [-0.4, -0.2) is 45.4 Å². The van der Waals surface area contributed by atoms with E-state index in [2.05, 4.69) is 26.3 Å². The summed E-state index contributed by atoms with van der Waals surface area (Å²) in [6.45, 7) is 9.05. The summed E-state index contributed by atoms with van der Waals surface area (Å²) >= 11 is 0. The van der Waals surface area contributed by atoms with Crippen LogP contribution in [0.3, 0.4) is 0 Å². The summed E-state index contributed by atoms with van der Waals surface area (Å²) in [5.41, 5.74) is 3.34. The molecule has 3 heterocycles. The van der Waals surface area contributed by atoms with Gasteiger partial charge in [-0.3, -0.25) is 9.55 Å². The summed E-state index contributed by atoms with van der Waals surface area (Å²) in [5, 5.41) is 12.5. The van der Waals surface area contributed by atoms with E-state index < -0.39 is 11.7 Å². The number of hydrogen-bond donors (Lipinski definition) is 2. The Kier molecular flexibility index (Phi) is 6.33. The molecule has 1 aromatic carbocycles. The number of ether oxygens (including phenoxy) is 1. The van der Waals surface area contributed by atoms with Crippen LogP contribution < -0.4 is 15.9 Å². The molecule has 0 spiro atoms. The van der Waals surface area contributed by atoms with Crippen molar-refractivity contribution in [1.29, 1.82) is 5.26 Å². The number of rotatable bonds is 4. The van der Waals surface area contributed by atoms with Crippen LogP contribution in [0.1, 0.15) is 50.4 Å². The van der Waals surface area contributed by atoms with Gasteiger partial charge in [-0.2, -0.15) is 5.26 Å². The van der Waals surface area contributed by atoms with Gasteiger partial charge in [-0.25, -0.2) is 14.6 Å². The molecule has 1 atom stereocenters. The molecule has 0 bridgehead atoms. The number of aromatic amines is 1. The molecule has 4 rings (SSSR count). The SMILES string of the molecule is Cc1cc(N2CCCC(NC(=O)OC(C)(C)C)C2)c2c(n1)[nH]c(=O)n2Cc1ccccc1C#N. The third kappa shape index (κ3) is 5.06. The minimum Gasteiger partial charge on any atom is -0.444 e. The third-order valence-corrected chi connectivity index (χ3v) is 5.79. The number of piperidine rings is 1. The number of aromatic nitrogens is 3. The van der Waals surface area contributed by atoms with Gasteiger partial charge in [0.25, 0.3) is 0 Å². The van der Waals surface area contributed by atoms with E-state index in [4.69, 9.17) is 4.74 Å². The largest absolute Gasteiger partial charge is 0.444 e. The normalized spacial score (nSPS) is 16.3. The predicted molar refractivity (Wildman–Crippen MR) is 130 cm³/mol. The van der Waals surface area contributed by atoms with Crippen molar-refractivity contribution in [2.75, 3.05) is 18.0 Å². The Hall–Kier alpha value is -3.80. The Labute approximate surface area is 198 Å². The highest BCUT2D eigenvalue weighted by molar-refractivity contribution is 5.87. The first-order chi connectivity index (χ1) is 16.1. The number of pyridine rings is 1. The monoisotopic (exact) mass is 462 g/mol. The highest BCUT2D eigenvalue weighted by Gasteiger charge is 2.27. The number of nitrogens with one attached hydrogen (secondary N) is 2. The van der Waals surface area contributed by atoms with Crippen molar-refractivity contribution in [3.05, 3.63) is 57.6 Å². The Morgan fingerprint density at radius 1 is 1.35 bits per heavy atom. The number of carbonyl (C=O) groups is 1. The van der Waals surface area contributed by atoms with Crippen molar-refractivity contribution in [3.8, 4) is 6.07 Å². The summed E-state index contributed by atoms with van der Waals surface area (Å²) in [6, 6.07) is 11.4. The Bertz CT molecular complexity index is 1310. The molecule has 0 saturated carbocycles. The molecule has 0 aliphatic carbocycles. The molecule has 9 nitrogen and oxygen atoms in total. The van der Waals surface area contributed by atoms with Crippen LogP contribution >= 0.6 is 0 Å². The number of anilines is 1. The third-order valence-electron chi connectivity index (χ3n) is 5.79. The highest BCUT2D eigenvalue weighted by atomic mass is 16.6. The van der Waals surface area contributed by atoms with E-state index >= 15 is 0 Å². The van der Waals surface area contributed by atoms with E-state index in [-0.39, 0.29) is 18.3 Å². The lowest BCUT2D eigenvalue weighted by Gasteiger charge is -2.35. The summed E-state index contributed by atoms with van der Waals surface area (Å²) < 4.78 is 7.06. The van der Waals surface area contributed by atoms with E-state index in [9.17, 15) is 14.9 Å². The van der Waals surface area contributed by atoms with E-state index in [1.165, 1.54) is 0 Å². The number of imidazole rings is 1. The van der Waals surface area contributed by atoms with Crippen molar-refractivity contribution >= 4 is 22.9 Å². The van der Waals surface area contributed by atoms with Crippen molar-refractivity contribution in [1.82, 2.24) is 19.9 Å². The Morgan fingerprint density at radius 3 is 2.85 bits per heavy atom. The number of nitriles is 1. The first kappa shape index (κ1) is 23.4. The molecule has 1 saturated heterocycles. The first-order valence-electron chi connectivity index (χ1n) is 11.5. The summed E-state index contributed by atoms with van der Waals surface area (Å²) in [6.07, 6.45) is 1.30. The number of H-pyrrole nitrogens is 1. The number of benzene rings is 1. The van der Waals surface area contributed by atoms with Crippen LogP contribution in [0.15, 0.2) is 35.1 Å². The zero-order valence-corrected chi connectivity index (χ0v) is 20.0. The molecule has 9 heteroatoms. The average molecular weight is 463 g/mol. The molecule has 1 unspecified atom stereocenters. The summed E-state index contributed by atoms with van der Waals surface area (Å²) in [4.78, 5) is 34.8. The second-order valence-electron chi connectivity index (χ2n) is 9.70. The lowest BCUT2D eigenvalue weighted by atomic mass is 10.0. The van der Waals surface area contributed by atoms with Gasteiger partial charge in [-0.05, 0) is 58.2 Å². The van der Waals surface area contributed by atoms with Crippen LogP contribution in [0.2, 0.25) is 0 Å². The van der Waals surface area contributed by atoms with Gasteiger partial charge >= 0.3 is 11.8 Å². The summed E-state index contributed by atoms with van der Waals surface area (Å²) in [5.74, 6) is 0. The molecule has 0 radical (unpaired) electrons. The number of fused-ring (bicyclic) bond motifs is 1. The lowest BCUT2D eigenvalue weighted by molar-refractivity contribution is 0.0500. The Morgan fingerprint density at radius 2 is 2.12 bits per heavy atom. The fraction of sp³-hybridized carbons (Fsp3) is 0.440. The van der Waals surface area contributed by atoms with Gasteiger partial charge in [0.2, 0.25) is 0 Å². The smallest absolute Gasteiger partial charge is 0.407 e. The maximum atomic E-state index is 12.9. The van der Waals surface area contributed by atoms with Gasteiger partial charge in [0.15, 0.2) is 5.65 Å². The maximum absolute atomic E-state index is 12.9. The molecular formula is C25H30N6O3.